The van der Waals surface area contributed by atoms with E-state index in [0.717, 1.165) is 18.1 Å². The first kappa shape index (κ1) is 10.8. The minimum atomic E-state index is 0.285. The van der Waals surface area contributed by atoms with Crippen LogP contribution in [0.1, 0.15) is 13.8 Å². The molecule has 0 aliphatic carbocycles. The van der Waals surface area contributed by atoms with Gasteiger partial charge in [-0.05, 0) is 32.0 Å². The van der Waals surface area contributed by atoms with Gasteiger partial charge in [0, 0.05) is 23.8 Å². The second-order valence-corrected chi connectivity index (χ2v) is 4.58. The molecular weight excluding hydrogens is 210 g/mol. The van der Waals surface area contributed by atoms with Crippen LogP contribution < -0.4 is 4.90 Å². The van der Waals surface area contributed by atoms with Crippen LogP contribution in [-0.4, -0.2) is 25.3 Å². The monoisotopic (exact) mass is 225 g/mol. The predicted octanol–water partition coefficient (Wildman–Crippen LogP) is 2.95. The maximum atomic E-state index is 5.98. The van der Waals surface area contributed by atoms with Gasteiger partial charge in [0.1, 0.15) is 0 Å². The summed E-state index contributed by atoms with van der Waals surface area (Å²) in [5.41, 5.74) is 1.18. The molecule has 0 saturated carbocycles. The molecule has 0 bridgehead atoms. The highest BCUT2D eigenvalue weighted by Gasteiger charge is 2.22. The van der Waals surface area contributed by atoms with E-state index in [1.165, 1.54) is 5.69 Å². The summed E-state index contributed by atoms with van der Waals surface area (Å²) in [5, 5.41) is 0.791. The van der Waals surface area contributed by atoms with E-state index < -0.39 is 0 Å². The van der Waals surface area contributed by atoms with Gasteiger partial charge in [0.15, 0.2) is 0 Å². The molecule has 2 unspecified atom stereocenters. The van der Waals surface area contributed by atoms with Crippen LogP contribution in [0.15, 0.2) is 24.3 Å². The summed E-state index contributed by atoms with van der Waals surface area (Å²) < 4.78 is 5.69. The summed E-state index contributed by atoms with van der Waals surface area (Å²) in [5.74, 6) is 0. The standard InChI is InChI=1S/C12H16ClNO/c1-9-7-14(8-10(2)15-9)12-5-3-4-11(13)6-12/h3-6,9-10H,7-8H2,1-2H3. The van der Waals surface area contributed by atoms with Crippen molar-refractivity contribution in [2.45, 2.75) is 26.1 Å². The van der Waals surface area contributed by atoms with E-state index in [4.69, 9.17) is 16.3 Å². The lowest BCUT2D eigenvalue weighted by molar-refractivity contribution is -0.00521. The molecule has 0 N–H and O–H groups in total. The zero-order valence-electron chi connectivity index (χ0n) is 9.11. The van der Waals surface area contributed by atoms with Crippen LogP contribution in [0.2, 0.25) is 5.02 Å². The van der Waals surface area contributed by atoms with E-state index >= 15 is 0 Å². The number of ether oxygens (including phenoxy) is 1. The van der Waals surface area contributed by atoms with E-state index in [0.29, 0.717) is 0 Å². The Hall–Kier alpha value is -0.730. The lowest BCUT2D eigenvalue weighted by atomic mass is 10.2. The number of anilines is 1. The number of halogens is 1. The van der Waals surface area contributed by atoms with Crippen molar-refractivity contribution in [2.75, 3.05) is 18.0 Å². The molecule has 2 nitrogen and oxygen atoms in total. The third-order valence-corrected chi connectivity index (χ3v) is 2.83. The quantitative estimate of drug-likeness (QED) is 0.729. The third-order valence-electron chi connectivity index (χ3n) is 2.59. The molecule has 2 atom stereocenters. The summed E-state index contributed by atoms with van der Waals surface area (Å²) in [4.78, 5) is 2.32. The molecular formula is C12H16ClNO. The molecule has 1 heterocycles. The number of hydrogen-bond acceptors (Lipinski definition) is 2. The second-order valence-electron chi connectivity index (χ2n) is 4.14. The number of nitrogens with zero attached hydrogens (tertiary/aromatic N) is 1. The van der Waals surface area contributed by atoms with E-state index in [1.54, 1.807) is 0 Å². The fourth-order valence-corrected chi connectivity index (χ4v) is 2.25. The van der Waals surface area contributed by atoms with Gasteiger partial charge in [-0.15, -0.1) is 0 Å². The summed E-state index contributed by atoms with van der Waals surface area (Å²) in [7, 11) is 0. The Bertz CT molecular complexity index is 332. The van der Waals surface area contributed by atoms with Gasteiger partial charge in [-0.25, -0.2) is 0 Å². The van der Waals surface area contributed by atoms with Crippen molar-refractivity contribution in [1.82, 2.24) is 0 Å². The molecule has 0 amide bonds. The molecule has 1 aliphatic heterocycles. The van der Waals surface area contributed by atoms with Gasteiger partial charge in [-0.2, -0.15) is 0 Å². The van der Waals surface area contributed by atoms with Crippen LogP contribution in [0, 0.1) is 0 Å². The minimum absolute atomic E-state index is 0.285. The van der Waals surface area contributed by atoms with Crippen molar-refractivity contribution in [3.05, 3.63) is 29.3 Å². The fourth-order valence-electron chi connectivity index (χ4n) is 2.06. The molecule has 3 heteroatoms. The Morgan fingerprint density at radius 2 is 1.93 bits per heavy atom. The van der Waals surface area contributed by atoms with Crippen LogP contribution in [0.5, 0.6) is 0 Å². The summed E-state index contributed by atoms with van der Waals surface area (Å²) in [6.45, 7) is 6.08. The zero-order chi connectivity index (χ0) is 10.8. The molecule has 15 heavy (non-hydrogen) atoms. The molecule has 2 rings (SSSR count). The SMILES string of the molecule is CC1CN(c2cccc(Cl)c2)CC(C)O1. The predicted molar refractivity (Wildman–Crippen MR) is 63.7 cm³/mol. The average Bonchev–Trinajstić information content (AvgIpc) is 2.16. The lowest BCUT2D eigenvalue weighted by Crippen LogP contribution is -2.45. The average molecular weight is 226 g/mol. The summed E-state index contributed by atoms with van der Waals surface area (Å²) in [6, 6.07) is 7.99. The number of benzene rings is 1. The third kappa shape index (κ3) is 2.64. The number of hydrogen-bond donors (Lipinski definition) is 0. The van der Waals surface area contributed by atoms with Crippen molar-refractivity contribution in [3.63, 3.8) is 0 Å². The van der Waals surface area contributed by atoms with Crippen LogP contribution in [-0.2, 0) is 4.74 Å². The Kier molecular flexibility index (Phi) is 3.17. The van der Waals surface area contributed by atoms with Gasteiger partial charge in [0.05, 0.1) is 12.2 Å². The molecule has 1 saturated heterocycles. The van der Waals surface area contributed by atoms with Crippen LogP contribution >= 0.6 is 11.6 Å². The normalized spacial score (nSPS) is 26.7. The van der Waals surface area contributed by atoms with E-state index in [1.807, 2.05) is 18.2 Å². The maximum Gasteiger partial charge on any atom is 0.0726 e. The van der Waals surface area contributed by atoms with Crippen molar-refractivity contribution in [1.29, 1.82) is 0 Å². The van der Waals surface area contributed by atoms with Crippen molar-refractivity contribution < 1.29 is 4.74 Å². The molecule has 1 aromatic carbocycles. The van der Waals surface area contributed by atoms with Crippen molar-refractivity contribution in [2.24, 2.45) is 0 Å². The first-order chi connectivity index (χ1) is 7.15. The number of morpholine rings is 1. The summed E-state index contributed by atoms with van der Waals surface area (Å²) >= 11 is 5.98. The molecule has 1 aromatic rings. The van der Waals surface area contributed by atoms with Crippen LogP contribution in [0.25, 0.3) is 0 Å². The second kappa shape index (κ2) is 4.42. The van der Waals surface area contributed by atoms with E-state index in [-0.39, 0.29) is 12.2 Å². The number of rotatable bonds is 1. The van der Waals surface area contributed by atoms with Crippen LogP contribution in [0.3, 0.4) is 0 Å². The van der Waals surface area contributed by atoms with Gasteiger partial charge < -0.3 is 9.64 Å². The minimum Gasteiger partial charge on any atom is -0.372 e. The fraction of sp³-hybridized carbons (Fsp3) is 0.500. The smallest absolute Gasteiger partial charge is 0.0726 e. The Morgan fingerprint density at radius 1 is 1.27 bits per heavy atom. The van der Waals surface area contributed by atoms with Gasteiger partial charge in [-0.3, -0.25) is 0 Å². The van der Waals surface area contributed by atoms with Crippen molar-refractivity contribution in [3.8, 4) is 0 Å². The van der Waals surface area contributed by atoms with E-state index in [2.05, 4.69) is 24.8 Å². The van der Waals surface area contributed by atoms with Gasteiger partial charge in [0.2, 0.25) is 0 Å². The molecule has 82 valence electrons. The molecule has 0 aromatic heterocycles. The van der Waals surface area contributed by atoms with Crippen LogP contribution in [0.4, 0.5) is 5.69 Å². The Balaban J connectivity index is 2.16. The first-order valence-corrected chi connectivity index (χ1v) is 5.69. The maximum absolute atomic E-state index is 5.98. The molecule has 0 radical (unpaired) electrons. The van der Waals surface area contributed by atoms with Gasteiger partial charge in [0.25, 0.3) is 0 Å². The molecule has 1 fully saturated rings. The molecule has 1 aliphatic rings. The highest BCUT2D eigenvalue weighted by atomic mass is 35.5. The Labute approximate surface area is 95.8 Å². The zero-order valence-corrected chi connectivity index (χ0v) is 9.87. The Morgan fingerprint density at radius 3 is 2.53 bits per heavy atom. The highest BCUT2D eigenvalue weighted by molar-refractivity contribution is 6.30. The first-order valence-electron chi connectivity index (χ1n) is 5.31. The molecule has 0 spiro atoms. The van der Waals surface area contributed by atoms with Crippen molar-refractivity contribution >= 4 is 17.3 Å². The van der Waals surface area contributed by atoms with Gasteiger partial charge in [-0.1, -0.05) is 17.7 Å². The highest BCUT2D eigenvalue weighted by Crippen LogP contribution is 2.23. The summed E-state index contributed by atoms with van der Waals surface area (Å²) in [6.07, 6.45) is 0.570. The lowest BCUT2D eigenvalue weighted by Gasteiger charge is -2.36. The van der Waals surface area contributed by atoms with Gasteiger partial charge >= 0.3 is 0 Å². The van der Waals surface area contributed by atoms with E-state index in [9.17, 15) is 0 Å². The largest absolute Gasteiger partial charge is 0.372 e. The topological polar surface area (TPSA) is 12.5 Å².